The van der Waals surface area contributed by atoms with E-state index < -0.39 is 5.97 Å². The first-order valence-corrected chi connectivity index (χ1v) is 4.91. The number of halogens is 1. The zero-order valence-corrected chi connectivity index (χ0v) is 8.58. The lowest BCUT2D eigenvalue weighted by Crippen LogP contribution is -2.26. The Hall–Kier alpha value is -1.03. The molecule has 14 heavy (non-hydrogen) atoms. The number of carboxylic acids is 1. The van der Waals surface area contributed by atoms with Crippen LogP contribution in [-0.2, 0) is 17.8 Å². The van der Waals surface area contributed by atoms with E-state index in [9.17, 15) is 4.79 Å². The van der Waals surface area contributed by atoms with Crippen LogP contribution in [0, 0.1) is 12.8 Å². The lowest BCUT2D eigenvalue weighted by Gasteiger charge is -2.21. The summed E-state index contributed by atoms with van der Waals surface area (Å²) < 4.78 is 1.91. The molecule has 0 fully saturated rings. The van der Waals surface area contributed by atoms with E-state index in [2.05, 4.69) is 4.98 Å². The first-order chi connectivity index (χ1) is 6.59. The normalized spacial score (nSPS) is 20.6. The average Bonchev–Trinajstić information content (AvgIpc) is 2.42. The second-order valence-electron chi connectivity index (χ2n) is 3.58. The highest BCUT2D eigenvalue weighted by Crippen LogP contribution is 2.26. The fourth-order valence-corrected chi connectivity index (χ4v) is 2.20. The molecule has 2 heterocycles. The van der Waals surface area contributed by atoms with Gasteiger partial charge in [-0.3, -0.25) is 4.79 Å². The molecule has 2 rings (SSSR count). The molecule has 1 aliphatic heterocycles. The van der Waals surface area contributed by atoms with E-state index >= 15 is 0 Å². The molecule has 0 amide bonds. The van der Waals surface area contributed by atoms with E-state index in [-0.39, 0.29) is 5.92 Å². The Kier molecular flexibility index (Phi) is 2.23. The summed E-state index contributed by atoms with van der Waals surface area (Å²) in [7, 11) is 0. The van der Waals surface area contributed by atoms with Crippen molar-refractivity contribution in [2.24, 2.45) is 5.92 Å². The van der Waals surface area contributed by atoms with Gasteiger partial charge in [-0.1, -0.05) is 11.6 Å². The highest BCUT2D eigenvalue weighted by Gasteiger charge is 2.27. The monoisotopic (exact) mass is 214 g/mol. The van der Waals surface area contributed by atoms with Gasteiger partial charge in [-0.05, 0) is 19.8 Å². The number of nitrogens with zero attached hydrogens (tertiary/aromatic N) is 2. The molecule has 4 nitrogen and oxygen atoms in total. The summed E-state index contributed by atoms with van der Waals surface area (Å²) >= 11 is 5.91. The largest absolute Gasteiger partial charge is 0.481 e. The van der Waals surface area contributed by atoms with Crippen LogP contribution < -0.4 is 0 Å². The maximum absolute atomic E-state index is 10.8. The van der Waals surface area contributed by atoms with Crippen LogP contribution in [0.5, 0.6) is 0 Å². The van der Waals surface area contributed by atoms with E-state index in [1.54, 1.807) is 0 Å². The van der Waals surface area contributed by atoms with Crippen molar-refractivity contribution in [1.82, 2.24) is 9.55 Å². The molecule has 0 spiro atoms. The summed E-state index contributed by atoms with van der Waals surface area (Å²) in [6, 6.07) is 0. The van der Waals surface area contributed by atoms with Gasteiger partial charge in [0.15, 0.2) is 5.15 Å². The number of carboxylic acid groups (broad SMARTS) is 1. The van der Waals surface area contributed by atoms with E-state index in [1.807, 2.05) is 11.5 Å². The van der Waals surface area contributed by atoms with Crippen LogP contribution in [0.1, 0.15) is 17.9 Å². The number of hydrogen-bond acceptors (Lipinski definition) is 2. The third-order valence-corrected chi connectivity index (χ3v) is 3.00. The Balaban J connectivity index is 2.34. The van der Waals surface area contributed by atoms with Crippen LogP contribution >= 0.6 is 11.6 Å². The summed E-state index contributed by atoms with van der Waals surface area (Å²) in [5.41, 5.74) is 0.974. The molecule has 1 aromatic rings. The standard InChI is InChI=1S/C9H11ClN2O2/c1-5-11-8(10)7-3-2-6(9(13)14)4-12(5)7/h6H,2-4H2,1H3,(H,13,14). The molecule has 0 saturated carbocycles. The fraction of sp³-hybridized carbons (Fsp3) is 0.556. The quantitative estimate of drug-likeness (QED) is 0.771. The molecule has 0 bridgehead atoms. The van der Waals surface area contributed by atoms with Crippen LogP contribution in [0.25, 0.3) is 0 Å². The Labute approximate surface area is 86.5 Å². The van der Waals surface area contributed by atoms with Crippen molar-refractivity contribution in [2.75, 3.05) is 0 Å². The Morgan fingerprint density at radius 1 is 1.71 bits per heavy atom. The van der Waals surface area contributed by atoms with Crippen LogP contribution in [-0.4, -0.2) is 20.6 Å². The first-order valence-electron chi connectivity index (χ1n) is 4.54. The number of carbonyl (C=O) groups is 1. The molecule has 0 radical (unpaired) electrons. The number of aromatic nitrogens is 2. The van der Waals surface area contributed by atoms with Gasteiger partial charge >= 0.3 is 5.97 Å². The summed E-state index contributed by atoms with van der Waals surface area (Å²) in [6.07, 6.45) is 1.36. The SMILES string of the molecule is Cc1nc(Cl)c2n1CC(C(=O)O)CC2. The minimum Gasteiger partial charge on any atom is -0.481 e. The predicted molar refractivity (Wildman–Crippen MR) is 51.4 cm³/mol. The van der Waals surface area contributed by atoms with Crippen molar-refractivity contribution < 1.29 is 9.90 Å². The van der Waals surface area contributed by atoms with Crippen molar-refractivity contribution in [3.8, 4) is 0 Å². The minimum absolute atomic E-state index is 0.300. The van der Waals surface area contributed by atoms with E-state index in [0.717, 1.165) is 11.5 Å². The summed E-state index contributed by atoms with van der Waals surface area (Å²) in [5, 5.41) is 9.41. The lowest BCUT2D eigenvalue weighted by atomic mass is 9.98. The van der Waals surface area contributed by atoms with Gasteiger partial charge in [0.2, 0.25) is 0 Å². The van der Waals surface area contributed by atoms with Gasteiger partial charge in [-0.25, -0.2) is 4.98 Å². The van der Waals surface area contributed by atoms with Crippen LogP contribution in [0.4, 0.5) is 0 Å². The molecule has 1 unspecified atom stereocenters. The van der Waals surface area contributed by atoms with E-state index in [1.165, 1.54) is 0 Å². The number of rotatable bonds is 1. The summed E-state index contributed by atoms with van der Waals surface area (Å²) in [6.45, 7) is 2.34. The van der Waals surface area contributed by atoms with Gasteiger partial charge in [-0.2, -0.15) is 0 Å². The number of aliphatic carboxylic acids is 1. The van der Waals surface area contributed by atoms with Crippen molar-refractivity contribution >= 4 is 17.6 Å². The molecule has 1 N–H and O–H groups in total. The first kappa shape index (κ1) is 9.52. The second kappa shape index (κ2) is 3.28. The summed E-state index contributed by atoms with van der Waals surface area (Å²) in [4.78, 5) is 14.9. The maximum atomic E-state index is 10.8. The highest BCUT2D eigenvalue weighted by atomic mass is 35.5. The smallest absolute Gasteiger partial charge is 0.308 e. The number of fused-ring (bicyclic) bond motifs is 1. The van der Waals surface area contributed by atoms with Gasteiger partial charge < -0.3 is 9.67 Å². The van der Waals surface area contributed by atoms with E-state index in [0.29, 0.717) is 24.5 Å². The Morgan fingerprint density at radius 2 is 2.43 bits per heavy atom. The van der Waals surface area contributed by atoms with Crippen molar-refractivity contribution in [1.29, 1.82) is 0 Å². The summed E-state index contributed by atoms with van der Waals surface area (Å²) in [5.74, 6) is -0.234. The van der Waals surface area contributed by atoms with Crippen LogP contribution in [0.2, 0.25) is 5.15 Å². The number of aryl methyl sites for hydroxylation is 1. The molecular formula is C9H11ClN2O2. The highest BCUT2D eigenvalue weighted by molar-refractivity contribution is 6.30. The molecule has 5 heteroatoms. The minimum atomic E-state index is -0.736. The lowest BCUT2D eigenvalue weighted by molar-refractivity contribution is -0.142. The van der Waals surface area contributed by atoms with Crippen molar-refractivity contribution in [2.45, 2.75) is 26.3 Å². The Bertz CT molecular complexity index is 386. The van der Waals surface area contributed by atoms with Crippen LogP contribution in [0.3, 0.4) is 0 Å². The molecule has 76 valence electrons. The molecule has 0 saturated heterocycles. The maximum Gasteiger partial charge on any atom is 0.308 e. The molecule has 0 aromatic carbocycles. The van der Waals surface area contributed by atoms with Crippen molar-refractivity contribution in [3.63, 3.8) is 0 Å². The molecule has 0 aliphatic carbocycles. The third-order valence-electron chi connectivity index (χ3n) is 2.70. The Morgan fingerprint density at radius 3 is 3.07 bits per heavy atom. The molecule has 1 aliphatic rings. The van der Waals surface area contributed by atoms with Gasteiger partial charge in [0.25, 0.3) is 0 Å². The zero-order valence-electron chi connectivity index (χ0n) is 7.83. The second-order valence-corrected chi connectivity index (χ2v) is 3.94. The predicted octanol–water partition coefficient (Wildman–Crippen LogP) is 1.49. The number of imidazole rings is 1. The molecule has 1 atom stereocenters. The molecular weight excluding hydrogens is 204 g/mol. The van der Waals surface area contributed by atoms with Crippen molar-refractivity contribution in [3.05, 3.63) is 16.7 Å². The van der Waals surface area contributed by atoms with Crippen LogP contribution in [0.15, 0.2) is 0 Å². The molecule has 1 aromatic heterocycles. The third kappa shape index (κ3) is 1.39. The van der Waals surface area contributed by atoms with E-state index in [4.69, 9.17) is 16.7 Å². The fourth-order valence-electron chi connectivity index (χ4n) is 1.88. The van der Waals surface area contributed by atoms with Gasteiger partial charge in [0.1, 0.15) is 5.82 Å². The van der Waals surface area contributed by atoms with Gasteiger partial charge in [0, 0.05) is 6.54 Å². The van der Waals surface area contributed by atoms with Gasteiger partial charge in [0.05, 0.1) is 11.6 Å². The zero-order chi connectivity index (χ0) is 10.3. The topological polar surface area (TPSA) is 55.1 Å². The number of hydrogen-bond donors (Lipinski definition) is 1. The van der Waals surface area contributed by atoms with Gasteiger partial charge in [-0.15, -0.1) is 0 Å². The average molecular weight is 215 g/mol.